The number of nitrogens with zero attached hydrogens (tertiary/aromatic N) is 2. The molecular weight excluding hydrogens is 294 g/mol. The Balaban J connectivity index is 1.66. The van der Waals surface area contributed by atoms with Crippen molar-refractivity contribution >= 4 is 40.0 Å². The van der Waals surface area contributed by atoms with E-state index in [1.165, 1.54) is 11.3 Å². The summed E-state index contributed by atoms with van der Waals surface area (Å²) in [5, 5.41) is 16.4. The molecule has 7 heteroatoms. The predicted octanol–water partition coefficient (Wildman–Crippen LogP) is 2.22. The molecule has 0 aliphatic heterocycles. The largest absolute Gasteiger partial charge is 0.387 e. The molecule has 0 fully saturated rings. The summed E-state index contributed by atoms with van der Waals surface area (Å²) >= 11 is 2.63. The summed E-state index contributed by atoms with van der Waals surface area (Å²) in [6, 6.07) is 7.01. The SMILES string of the molecule is O=C(NC[C@H](O)c1ccsc1)c1ccc2nsnc2c1. The van der Waals surface area contributed by atoms with Crippen LogP contribution in [0.4, 0.5) is 0 Å². The number of rotatable bonds is 4. The Morgan fingerprint density at radius 2 is 2.15 bits per heavy atom. The Bertz CT molecular complexity index is 724. The van der Waals surface area contributed by atoms with Crippen molar-refractivity contribution in [2.24, 2.45) is 0 Å². The van der Waals surface area contributed by atoms with E-state index in [4.69, 9.17) is 0 Å². The first-order valence-corrected chi connectivity index (χ1v) is 7.62. The van der Waals surface area contributed by atoms with Gasteiger partial charge in [-0.25, -0.2) is 0 Å². The number of aliphatic hydroxyl groups is 1. The second-order valence-corrected chi connectivity index (χ2v) is 5.56. The third kappa shape index (κ3) is 2.69. The maximum absolute atomic E-state index is 12.0. The molecule has 5 nitrogen and oxygen atoms in total. The number of fused-ring (bicyclic) bond motifs is 1. The molecule has 0 spiro atoms. The van der Waals surface area contributed by atoms with Crippen LogP contribution in [0.25, 0.3) is 11.0 Å². The molecule has 3 aromatic rings. The molecule has 0 aliphatic rings. The number of amides is 1. The number of hydrogen-bond donors (Lipinski definition) is 2. The molecule has 3 rings (SSSR count). The van der Waals surface area contributed by atoms with Gasteiger partial charge < -0.3 is 10.4 Å². The highest BCUT2D eigenvalue weighted by Crippen LogP contribution is 2.16. The number of hydrogen-bond acceptors (Lipinski definition) is 6. The van der Waals surface area contributed by atoms with Gasteiger partial charge in [-0.2, -0.15) is 20.1 Å². The van der Waals surface area contributed by atoms with E-state index in [1.807, 2.05) is 16.8 Å². The lowest BCUT2D eigenvalue weighted by atomic mass is 10.1. The van der Waals surface area contributed by atoms with Gasteiger partial charge in [0.25, 0.3) is 5.91 Å². The van der Waals surface area contributed by atoms with Crippen molar-refractivity contribution in [2.45, 2.75) is 6.10 Å². The van der Waals surface area contributed by atoms with Crippen LogP contribution in [0, 0.1) is 0 Å². The minimum atomic E-state index is -0.685. The lowest BCUT2D eigenvalue weighted by Gasteiger charge is -2.10. The highest BCUT2D eigenvalue weighted by atomic mass is 32.1. The molecule has 1 aromatic carbocycles. The highest BCUT2D eigenvalue weighted by molar-refractivity contribution is 7.08. The summed E-state index contributed by atoms with van der Waals surface area (Å²) in [7, 11) is 0. The molecule has 102 valence electrons. The molecule has 0 bridgehead atoms. The number of aromatic nitrogens is 2. The molecule has 2 aromatic heterocycles. The topological polar surface area (TPSA) is 75.1 Å². The van der Waals surface area contributed by atoms with Crippen molar-refractivity contribution in [1.82, 2.24) is 14.1 Å². The standard InChI is InChI=1S/C13H11N3O2S2/c17-12(9-3-4-19-7-9)6-14-13(18)8-1-2-10-11(5-8)16-20-15-10/h1-5,7,12,17H,6H2,(H,14,18)/t12-/m0/s1. The van der Waals surface area contributed by atoms with Gasteiger partial charge >= 0.3 is 0 Å². The van der Waals surface area contributed by atoms with Crippen LogP contribution in [0.2, 0.25) is 0 Å². The van der Waals surface area contributed by atoms with Crippen molar-refractivity contribution in [2.75, 3.05) is 6.54 Å². The zero-order valence-corrected chi connectivity index (χ0v) is 11.9. The van der Waals surface area contributed by atoms with E-state index in [1.54, 1.807) is 18.2 Å². The van der Waals surface area contributed by atoms with Gasteiger partial charge in [-0.15, -0.1) is 0 Å². The Hall–Kier alpha value is -1.83. The average Bonchev–Trinajstić information content (AvgIpc) is 3.13. The molecule has 2 N–H and O–H groups in total. The minimum absolute atomic E-state index is 0.183. The van der Waals surface area contributed by atoms with Gasteiger partial charge in [0, 0.05) is 12.1 Å². The van der Waals surface area contributed by atoms with Crippen molar-refractivity contribution < 1.29 is 9.90 Å². The van der Waals surface area contributed by atoms with Gasteiger partial charge in [-0.3, -0.25) is 4.79 Å². The Morgan fingerprint density at radius 1 is 1.30 bits per heavy atom. The van der Waals surface area contributed by atoms with Crippen LogP contribution in [-0.2, 0) is 0 Å². The van der Waals surface area contributed by atoms with Gasteiger partial charge in [-0.05, 0) is 40.6 Å². The molecule has 20 heavy (non-hydrogen) atoms. The fourth-order valence-electron chi connectivity index (χ4n) is 1.80. The highest BCUT2D eigenvalue weighted by Gasteiger charge is 2.12. The van der Waals surface area contributed by atoms with E-state index < -0.39 is 6.10 Å². The average molecular weight is 305 g/mol. The van der Waals surface area contributed by atoms with E-state index in [0.29, 0.717) is 11.1 Å². The second kappa shape index (κ2) is 5.66. The number of carbonyl (C=O) groups is 1. The second-order valence-electron chi connectivity index (χ2n) is 4.25. The van der Waals surface area contributed by atoms with Crippen LogP contribution < -0.4 is 5.32 Å². The third-order valence-electron chi connectivity index (χ3n) is 2.90. The summed E-state index contributed by atoms with van der Waals surface area (Å²) in [5.74, 6) is -0.228. The van der Waals surface area contributed by atoms with Gasteiger partial charge in [0.05, 0.1) is 17.8 Å². The minimum Gasteiger partial charge on any atom is -0.387 e. The van der Waals surface area contributed by atoms with Gasteiger partial charge in [0.15, 0.2) is 0 Å². The lowest BCUT2D eigenvalue weighted by molar-refractivity contribution is 0.0916. The quantitative estimate of drug-likeness (QED) is 0.775. The maximum Gasteiger partial charge on any atom is 0.251 e. The molecule has 0 saturated heterocycles. The van der Waals surface area contributed by atoms with Crippen molar-refractivity contribution in [3.8, 4) is 0 Å². The summed E-state index contributed by atoms with van der Waals surface area (Å²) in [5.41, 5.74) is 2.82. The van der Waals surface area contributed by atoms with E-state index in [0.717, 1.165) is 22.8 Å². The van der Waals surface area contributed by atoms with E-state index in [-0.39, 0.29) is 12.5 Å². The molecule has 0 radical (unpaired) electrons. The molecular formula is C13H11N3O2S2. The summed E-state index contributed by atoms with van der Waals surface area (Å²) in [4.78, 5) is 12.0. The van der Waals surface area contributed by atoms with Crippen molar-refractivity contribution in [1.29, 1.82) is 0 Å². The van der Waals surface area contributed by atoms with E-state index in [2.05, 4.69) is 14.1 Å². The van der Waals surface area contributed by atoms with Crippen LogP contribution in [0.3, 0.4) is 0 Å². The van der Waals surface area contributed by atoms with Gasteiger partial charge in [-0.1, -0.05) is 0 Å². The first-order valence-electron chi connectivity index (χ1n) is 5.95. The summed E-state index contributed by atoms with van der Waals surface area (Å²) in [6.45, 7) is 0.183. The molecule has 0 saturated carbocycles. The van der Waals surface area contributed by atoms with Crippen LogP contribution >= 0.6 is 23.1 Å². The molecule has 0 aliphatic carbocycles. The lowest BCUT2D eigenvalue weighted by Crippen LogP contribution is -2.28. The van der Waals surface area contributed by atoms with Crippen molar-refractivity contribution in [3.05, 3.63) is 46.2 Å². The number of benzene rings is 1. The fourth-order valence-corrected chi connectivity index (χ4v) is 3.02. The smallest absolute Gasteiger partial charge is 0.251 e. The number of aliphatic hydroxyl groups excluding tert-OH is 1. The zero-order chi connectivity index (χ0) is 13.9. The van der Waals surface area contributed by atoms with Crippen LogP contribution in [0.15, 0.2) is 35.0 Å². The zero-order valence-electron chi connectivity index (χ0n) is 10.3. The van der Waals surface area contributed by atoms with Crippen LogP contribution in [0.1, 0.15) is 22.0 Å². The first kappa shape index (κ1) is 13.2. The number of nitrogens with one attached hydrogen (secondary N) is 1. The van der Waals surface area contributed by atoms with Crippen molar-refractivity contribution in [3.63, 3.8) is 0 Å². The van der Waals surface area contributed by atoms with Gasteiger partial charge in [0.1, 0.15) is 11.0 Å². The van der Waals surface area contributed by atoms with E-state index in [9.17, 15) is 9.90 Å². The monoisotopic (exact) mass is 305 g/mol. The van der Waals surface area contributed by atoms with Gasteiger partial charge in [0.2, 0.25) is 0 Å². The predicted molar refractivity (Wildman–Crippen MR) is 79.0 cm³/mol. The Morgan fingerprint density at radius 3 is 2.95 bits per heavy atom. The number of carbonyl (C=O) groups excluding carboxylic acids is 1. The maximum atomic E-state index is 12.0. The molecule has 0 unspecified atom stereocenters. The first-order chi connectivity index (χ1) is 9.74. The Labute approximate surface area is 123 Å². The Kier molecular flexibility index (Phi) is 3.72. The third-order valence-corrected chi connectivity index (χ3v) is 4.16. The van der Waals surface area contributed by atoms with Crippen LogP contribution in [0.5, 0.6) is 0 Å². The summed E-state index contributed by atoms with van der Waals surface area (Å²) < 4.78 is 8.19. The normalized spacial score (nSPS) is 12.4. The fraction of sp³-hybridized carbons (Fsp3) is 0.154. The molecule has 1 amide bonds. The summed E-state index contributed by atoms with van der Waals surface area (Å²) in [6.07, 6.45) is -0.685. The van der Waals surface area contributed by atoms with Crippen LogP contribution in [-0.4, -0.2) is 26.3 Å². The van der Waals surface area contributed by atoms with E-state index >= 15 is 0 Å². The molecule has 1 atom stereocenters. The number of thiophene rings is 1. The molecule has 2 heterocycles.